The van der Waals surface area contributed by atoms with Crippen molar-refractivity contribution in [3.05, 3.63) is 29.6 Å². The molecule has 4 nitrogen and oxygen atoms in total. The summed E-state index contributed by atoms with van der Waals surface area (Å²) in [6.07, 6.45) is 1.22. The number of nitrogens with two attached hydrogens (primary N) is 1. The molecule has 0 bridgehead atoms. The standard InChI is InChI=1S/C13H19FN2O2S2/c1-4-13(3,5-2)16-20(17,18)10-8-6-7-9(14)11(10)12(15)19/h6-8,16H,4-5H2,1-3H3,(H2,15,19). The van der Waals surface area contributed by atoms with E-state index in [1.807, 2.05) is 13.8 Å². The summed E-state index contributed by atoms with van der Waals surface area (Å²) in [7, 11) is -3.90. The van der Waals surface area contributed by atoms with Crippen molar-refractivity contribution in [1.82, 2.24) is 4.72 Å². The van der Waals surface area contributed by atoms with E-state index in [4.69, 9.17) is 18.0 Å². The number of thiocarbonyl (C=S) groups is 1. The van der Waals surface area contributed by atoms with Gasteiger partial charge in [0, 0.05) is 5.54 Å². The van der Waals surface area contributed by atoms with E-state index in [0.717, 1.165) is 6.07 Å². The first-order valence-corrected chi connectivity index (χ1v) is 8.18. The second-order valence-electron chi connectivity index (χ2n) is 4.85. The molecule has 0 amide bonds. The molecule has 0 saturated carbocycles. The van der Waals surface area contributed by atoms with Gasteiger partial charge in [0.2, 0.25) is 10.0 Å². The van der Waals surface area contributed by atoms with Gasteiger partial charge in [-0.05, 0) is 31.9 Å². The molecule has 7 heteroatoms. The van der Waals surface area contributed by atoms with E-state index in [9.17, 15) is 12.8 Å². The van der Waals surface area contributed by atoms with Crippen LogP contribution in [0.2, 0.25) is 0 Å². The SMILES string of the molecule is CCC(C)(CC)NS(=O)(=O)c1cccc(F)c1C(N)=S. The fourth-order valence-electron chi connectivity index (χ4n) is 1.74. The Morgan fingerprint density at radius 2 is 1.95 bits per heavy atom. The molecule has 1 aromatic rings. The van der Waals surface area contributed by atoms with Crippen molar-refractivity contribution in [1.29, 1.82) is 0 Å². The van der Waals surface area contributed by atoms with Crippen molar-refractivity contribution in [3.63, 3.8) is 0 Å². The van der Waals surface area contributed by atoms with Gasteiger partial charge in [-0.1, -0.05) is 32.1 Å². The van der Waals surface area contributed by atoms with Gasteiger partial charge in [-0.3, -0.25) is 0 Å². The molecule has 0 radical (unpaired) electrons. The van der Waals surface area contributed by atoms with Crippen molar-refractivity contribution >= 4 is 27.2 Å². The topological polar surface area (TPSA) is 72.2 Å². The van der Waals surface area contributed by atoms with Gasteiger partial charge < -0.3 is 5.73 Å². The van der Waals surface area contributed by atoms with Crippen molar-refractivity contribution in [2.24, 2.45) is 5.73 Å². The van der Waals surface area contributed by atoms with Crippen LogP contribution in [0.1, 0.15) is 39.2 Å². The average molecular weight is 318 g/mol. The number of nitrogens with one attached hydrogen (secondary N) is 1. The van der Waals surface area contributed by atoms with Gasteiger partial charge in [0.1, 0.15) is 10.8 Å². The van der Waals surface area contributed by atoms with Crippen molar-refractivity contribution in [2.45, 2.75) is 44.0 Å². The zero-order chi connectivity index (χ0) is 15.6. The van der Waals surface area contributed by atoms with Crippen LogP contribution in [0.25, 0.3) is 0 Å². The molecule has 0 unspecified atom stereocenters. The van der Waals surface area contributed by atoms with E-state index in [-0.39, 0.29) is 15.4 Å². The third-order valence-electron chi connectivity index (χ3n) is 3.45. The summed E-state index contributed by atoms with van der Waals surface area (Å²) in [5.41, 5.74) is 4.60. The maximum Gasteiger partial charge on any atom is 0.241 e. The number of halogens is 1. The van der Waals surface area contributed by atoms with E-state index in [1.54, 1.807) is 6.92 Å². The molecule has 0 saturated heterocycles. The van der Waals surface area contributed by atoms with Crippen LogP contribution in [0.3, 0.4) is 0 Å². The molecule has 0 aromatic heterocycles. The normalized spacial score (nSPS) is 12.4. The van der Waals surface area contributed by atoms with Gasteiger partial charge in [-0.25, -0.2) is 17.5 Å². The predicted molar refractivity (Wildman–Crippen MR) is 81.6 cm³/mol. The molecule has 1 aromatic carbocycles. The predicted octanol–water partition coefficient (Wildman–Crippen LogP) is 2.32. The summed E-state index contributed by atoms with van der Waals surface area (Å²) in [5.74, 6) is -0.741. The lowest BCUT2D eigenvalue weighted by atomic mass is 9.98. The molecule has 0 aliphatic heterocycles. The lowest BCUT2D eigenvalue weighted by Gasteiger charge is -2.28. The Balaban J connectivity index is 3.37. The second-order valence-corrected chi connectivity index (χ2v) is 6.94. The molecule has 0 atom stereocenters. The first-order chi connectivity index (χ1) is 9.17. The van der Waals surface area contributed by atoms with Gasteiger partial charge in [0.05, 0.1) is 10.5 Å². The van der Waals surface area contributed by atoms with Crippen LogP contribution in [0, 0.1) is 5.82 Å². The zero-order valence-corrected chi connectivity index (χ0v) is 13.4. The third kappa shape index (κ3) is 3.53. The van der Waals surface area contributed by atoms with Crippen molar-refractivity contribution in [3.8, 4) is 0 Å². The van der Waals surface area contributed by atoms with Crippen LogP contribution < -0.4 is 10.5 Å². The lowest BCUT2D eigenvalue weighted by Crippen LogP contribution is -2.45. The summed E-state index contributed by atoms with van der Waals surface area (Å²) >= 11 is 4.75. The smallest absolute Gasteiger partial charge is 0.241 e. The molecule has 0 fully saturated rings. The van der Waals surface area contributed by atoms with E-state index in [1.165, 1.54) is 12.1 Å². The Hall–Kier alpha value is -1.05. The summed E-state index contributed by atoms with van der Waals surface area (Å²) in [6.45, 7) is 5.56. The van der Waals surface area contributed by atoms with Crippen molar-refractivity contribution < 1.29 is 12.8 Å². The summed E-state index contributed by atoms with van der Waals surface area (Å²) in [5, 5.41) is 0. The first kappa shape index (κ1) is 17.0. The molecular weight excluding hydrogens is 299 g/mol. The highest BCUT2D eigenvalue weighted by Crippen LogP contribution is 2.23. The average Bonchev–Trinajstić information content (AvgIpc) is 2.37. The summed E-state index contributed by atoms with van der Waals surface area (Å²) in [6, 6.07) is 3.75. The first-order valence-electron chi connectivity index (χ1n) is 6.29. The molecule has 1 rings (SSSR count). The van der Waals surface area contributed by atoms with Gasteiger partial charge in [0.25, 0.3) is 0 Å². The Bertz CT molecular complexity index is 611. The Morgan fingerprint density at radius 1 is 1.40 bits per heavy atom. The summed E-state index contributed by atoms with van der Waals surface area (Å²) < 4.78 is 41.3. The van der Waals surface area contributed by atoms with Gasteiger partial charge in [-0.15, -0.1) is 0 Å². The van der Waals surface area contributed by atoms with E-state index < -0.39 is 21.4 Å². The Morgan fingerprint density at radius 3 is 2.40 bits per heavy atom. The lowest BCUT2D eigenvalue weighted by molar-refractivity contribution is 0.388. The Kier molecular flexibility index (Phi) is 5.23. The van der Waals surface area contributed by atoms with Crippen LogP contribution in [0.15, 0.2) is 23.1 Å². The molecule has 0 aliphatic rings. The number of hydrogen-bond acceptors (Lipinski definition) is 3. The second kappa shape index (κ2) is 6.15. The highest BCUT2D eigenvalue weighted by molar-refractivity contribution is 7.89. The van der Waals surface area contributed by atoms with Crippen LogP contribution in [0.4, 0.5) is 4.39 Å². The van der Waals surface area contributed by atoms with Crippen LogP contribution >= 0.6 is 12.2 Å². The van der Waals surface area contributed by atoms with Gasteiger partial charge >= 0.3 is 0 Å². The number of benzene rings is 1. The summed E-state index contributed by atoms with van der Waals surface area (Å²) in [4.78, 5) is -0.503. The highest BCUT2D eigenvalue weighted by Gasteiger charge is 2.30. The maximum atomic E-state index is 13.8. The van der Waals surface area contributed by atoms with Gasteiger partial charge in [-0.2, -0.15) is 0 Å². The molecule has 3 N–H and O–H groups in total. The van der Waals surface area contributed by atoms with E-state index in [2.05, 4.69) is 4.72 Å². The molecule has 20 heavy (non-hydrogen) atoms. The Labute approximate surface area is 124 Å². The van der Waals surface area contributed by atoms with Crippen LogP contribution in [-0.4, -0.2) is 18.9 Å². The number of rotatable bonds is 6. The quantitative estimate of drug-likeness (QED) is 0.790. The number of hydrogen-bond donors (Lipinski definition) is 2. The van der Waals surface area contributed by atoms with E-state index >= 15 is 0 Å². The minimum atomic E-state index is -3.90. The molecule has 112 valence electrons. The van der Waals surface area contributed by atoms with Gasteiger partial charge in [0.15, 0.2) is 0 Å². The molecule has 0 heterocycles. The fourth-order valence-corrected chi connectivity index (χ4v) is 3.79. The van der Waals surface area contributed by atoms with E-state index in [0.29, 0.717) is 12.8 Å². The zero-order valence-electron chi connectivity index (χ0n) is 11.7. The molecule has 0 aliphatic carbocycles. The molecular formula is C13H19FN2O2S2. The maximum absolute atomic E-state index is 13.8. The molecule has 0 spiro atoms. The fraction of sp³-hybridized carbons (Fsp3) is 0.462. The third-order valence-corrected chi connectivity index (χ3v) is 5.34. The largest absolute Gasteiger partial charge is 0.389 e. The van der Waals surface area contributed by atoms with Crippen molar-refractivity contribution in [2.75, 3.05) is 0 Å². The monoisotopic (exact) mass is 318 g/mol. The minimum absolute atomic E-state index is 0.224. The number of sulfonamides is 1. The van der Waals surface area contributed by atoms with Crippen LogP contribution in [0.5, 0.6) is 0 Å². The minimum Gasteiger partial charge on any atom is -0.389 e. The van der Waals surface area contributed by atoms with Crippen LogP contribution in [-0.2, 0) is 10.0 Å². The highest BCUT2D eigenvalue weighted by atomic mass is 32.2.